The van der Waals surface area contributed by atoms with Gasteiger partial charge in [0.05, 0.1) is 0 Å². The number of amides is 1. The molecule has 1 rings (SSSR count). The van der Waals surface area contributed by atoms with Crippen molar-refractivity contribution in [3.8, 4) is 0 Å². The van der Waals surface area contributed by atoms with Gasteiger partial charge in [0, 0.05) is 19.0 Å². The number of hydrogen-bond donors (Lipinski definition) is 2. The molecule has 1 saturated heterocycles. The molecular formula is C15H28N2O3S. The molecule has 1 heterocycles. The predicted molar refractivity (Wildman–Crippen MR) is 86.7 cm³/mol. The molecule has 0 bridgehead atoms. The highest BCUT2D eigenvalue weighted by Crippen LogP contribution is 2.19. The van der Waals surface area contributed by atoms with E-state index in [-0.39, 0.29) is 5.91 Å². The Hall–Kier alpha value is -0.750. The van der Waals surface area contributed by atoms with Gasteiger partial charge < -0.3 is 10.4 Å². The van der Waals surface area contributed by atoms with Crippen molar-refractivity contribution in [1.82, 2.24) is 10.2 Å². The van der Waals surface area contributed by atoms with E-state index in [1.54, 1.807) is 11.8 Å². The molecule has 0 aromatic rings. The van der Waals surface area contributed by atoms with Gasteiger partial charge in [-0.15, -0.1) is 0 Å². The Balaban J connectivity index is 2.35. The summed E-state index contributed by atoms with van der Waals surface area (Å²) in [5.74, 6) is -0.355. The van der Waals surface area contributed by atoms with E-state index in [4.69, 9.17) is 5.11 Å². The summed E-state index contributed by atoms with van der Waals surface area (Å²) >= 11 is 1.59. The van der Waals surface area contributed by atoms with Crippen LogP contribution in [-0.4, -0.2) is 59.1 Å². The molecule has 0 aromatic carbocycles. The zero-order chi connectivity index (χ0) is 15.7. The second-order valence-electron chi connectivity index (χ2n) is 5.58. The second-order valence-corrected chi connectivity index (χ2v) is 6.57. The lowest BCUT2D eigenvalue weighted by Gasteiger charge is -2.35. The van der Waals surface area contributed by atoms with Crippen LogP contribution in [0.1, 0.15) is 45.4 Å². The van der Waals surface area contributed by atoms with Crippen LogP contribution >= 0.6 is 11.8 Å². The highest BCUT2D eigenvalue weighted by Gasteiger charge is 2.23. The van der Waals surface area contributed by atoms with Crippen LogP contribution in [0.25, 0.3) is 0 Å². The largest absolute Gasteiger partial charge is 0.480 e. The van der Waals surface area contributed by atoms with E-state index >= 15 is 0 Å². The van der Waals surface area contributed by atoms with E-state index in [2.05, 4.69) is 17.1 Å². The number of aliphatic carboxylic acids is 1. The normalized spacial score (nSPS) is 21.0. The third-order valence-electron chi connectivity index (χ3n) is 4.09. The van der Waals surface area contributed by atoms with Crippen LogP contribution in [0.2, 0.25) is 0 Å². The lowest BCUT2D eigenvalue weighted by molar-refractivity contribution is -0.141. The second kappa shape index (κ2) is 10.1. The van der Waals surface area contributed by atoms with Gasteiger partial charge in [0.1, 0.15) is 6.04 Å². The van der Waals surface area contributed by atoms with E-state index in [1.807, 2.05) is 6.26 Å². The van der Waals surface area contributed by atoms with Crippen LogP contribution in [0.15, 0.2) is 0 Å². The van der Waals surface area contributed by atoms with Crippen LogP contribution in [0, 0.1) is 0 Å². The zero-order valence-electron chi connectivity index (χ0n) is 13.1. The maximum absolute atomic E-state index is 12.0. The maximum Gasteiger partial charge on any atom is 0.326 e. The summed E-state index contributed by atoms with van der Waals surface area (Å²) in [6.07, 6.45) is 7.60. The average molecular weight is 316 g/mol. The number of carbonyl (C=O) groups is 2. The van der Waals surface area contributed by atoms with Crippen molar-refractivity contribution in [3.05, 3.63) is 0 Å². The van der Waals surface area contributed by atoms with Crippen molar-refractivity contribution < 1.29 is 14.7 Å². The summed E-state index contributed by atoms with van der Waals surface area (Å²) in [5, 5.41) is 11.8. The summed E-state index contributed by atoms with van der Waals surface area (Å²) in [6, 6.07) is -0.174. The Morgan fingerprint density at radius 2 is 2.19 bits per heavy atom. The molecule has 2 N–H and O–H groups in total. The minimum Gasteiger partial charge on any atom is -0.480 e. The molecule has 0 saturated carbocycles. The first kappa shape index (κ1) is 18.3. The van der Waals surface area contributed by atoms with Crippen LogP contribution in [0.3, 0.4) is 0 Å². The molecule has 0 aliphatic carbocycles. The van der Waals surface area contributed by atoms with Gasteiger partial charge in [-0.1, -0.05) is 13.3 Å². The highest BCUT2D eigenvalue weighted by molar-refractivity contribution is 7.98. The fourth-order valence-electron chi connectivity index (χ4n) is 2.82. The van der Waals surface area contributed by atoms with E-state index in [0.29, 0.717) is 18.9 Å². The molecule has 0 radical (unpaired) electrons. The summed E-state index contributed by atoms with van der Waals surface area (Å²) in [6.45, 7) is 3.98. The summed E-state index contributed by atoms with van der Waals surface area (Å²) in [4.78, 5) is 25.4. The van der Waals surface area contributed by atoms with Crippen LogP contribution in [0.5, 0.6) is 0 Å². The minimum absolute atomic E-state index is 0.149. The topological polar surface area (TPSA) is 69.6 Å². The predicted octanol–water partition coefficient (Wildman–Crippen LogP) is 1.96. The van der Waals surface area contributed by atoms with Crippen molar-refractivity contribution in [1.29, 1.82) is 0 Å². The standard InChI is InChI=1S/C15H28N2O3S/c1-3-12-6-4-5-9-17(12)10-7-14(18)16-13(15(19)20)8-11-21-2/h12-13H,3-11H2,1-2H3,(H,16,18)(H,19,20). The van der Waals surface area contributed by atoms with Crippen molar-refractivity contribution >= 4 is 23.6 Å². The van der Waals surface area contributed by atoms with Crippen molar-refractivity contribution in [2.45, 2.75) is 57.5 Å². The van der Waals surface area contributed by atoms with Crippen molar-refractivity contribution in [2.75, 3.05) is 25.1 Å². The number of nitrogens with zero attached hydrogens (tertiary/aromatic N) is 1. The molecular weight excluding hydrogens is 288 g/mol. The third kappa shape index (κ3) is 6.70. The van der Waals surface area contributed by atoms with Crippen molar-refractivity contribution in [3.63, 3.8) is 0 Å². The molecule has 122 valence electrons. The SMILES string of the molecule is CCC1CCCCN1CCC(=O)NC(CCSC)C(=O)O. The van der Waals surface area contributed by atoms with E-state index < -0.39 is 12.0 Å². The molecule has 0 aromatic heterocycles. The number of likely N-dealkylation sites (tertiary alicyclic amines) is 1. The number of carboxylic acids is 1. The number of carbonyl (C=O) groups excluding carboxylic acids is 1. The molecule has 21 heavy (non-hydrogen) atoms. The first-order valence-corrected chi connectivity index (χ1v) is 9.23. The summed E-state index contributed by atoms with van der Waals surface area (Å²) < 4.78 is 0. The first-order chi connectivity index (χ1) is 10.1. The number of rotatable bonds is 9. The minimum atomic E-state index is -0.943. The fraction of sp³-hybridized carbons (Fsp3) is 0.867. The molecule has 5 nitrogen and oxygen atoms in total. The maximum atomic E-state index is 12.0. The number of carboxylic acid groups (broad SMARTS) is 1. The number of hydrogen-bond acceptors (Lipinski definition) is 4. The van der Waals surface area contributed by atoms with Gasteiger partial charge in [-0.3, -0.25) is 9.69 Å². The monoisotopic (exact) mass is 316 g/mol. The first-order valence-electron chi connectivity index (χ1n) is 7.83. The molecule has 1 aliphatic heterocycles. The highest BCUT2D eigenvalue weighted by atomic mass is 32.2. The molecule has 2 atom stereocenters. The van der Waals surface area contributed by atoms with Crippen molar-refractivity contribution in [2.24, 2.45) is 0 Å². The molecule has 1 amide bonds. The fourth-order valence-corrected chi connectivity index (χ4v) is 3.29. The Bertz CT molecular complexity index is 339. The number of thioether (sulfide) groups is 1. The van der Waals surface area contributed by atoms with E-state index in [0.717, 1.165) is 25.3 Å². The molecule has 6 heteroatoms. The Morgan fingerprint density at radius 3 is 2.81 bits per heavy atom. The van der Waals surface area contributed by atoms with Gasteiger partial charge in [0.15, 0.2) is 0 Å². The summed E-state index contributed by atoms with van der Waals surface area (Å²) in [7, 11) is 0. The molecule has 2 unspecified atom stereocenters. The van der Waals surface area contributed by atoms with Gasteiger partial charge in [-0.05, 0) is 44.2 Å². The molecule has 1 aliphatic rings. The van der Waals surface area contributed by atoms with E-state index in [1.165, 1.54) is 19.3 Å². The number of piperidine rings is 1. The lowest BCUT2D eigenvalue weighted by Crippen LogP contribution is -2.44. The quantitative estimate of drug-likeness (QED) is 0.680. The van der Waals surface area contributed by atoms with Gasteiger partial charge in [0.25, 0.3) is 0 Å². The Labute approximate surface area is 131 Å². The van der Waals surface area contributed by atoms with Crippen LogP contribution in [0.4, 0.5) is 0 Å². The molecule has 1 fully saturated rings. The van der Waals surface area contributed by atoms with Crippen LogP contribution < -0.4 is 5.32 Å². The smallest absolute Gasteiger partial charge is 0.326 e. The average Bonchev–Trinajstić information content (AvgIpc) is 2.49. The van der Waals surface area contributed by atoms with Gasteiger partial charge in [-0.2, -0.15) is 11.8 Å². The Morgan fingerprint density at radius 1 is 1.43 bits per heavy atom. The summed E-state index contributed by atoms with van der Waals surface area (Å²) in [5.41, 5.74) is 0. The Kier molecular flexibility index (Phi) is 8.76. The zero-order valence-corrected chi connectivity index (χ0v) is 14.0. The lowest BCUT2D eigenvalue weighted by atomic mass is 10.00. The van der Waals surface area contributed by atoms with Gasteiger partial charge in [-0.25, -0.2) is 4.79 Å². The van der Waals surface area contributed by atoms with Gasteiger partial charge >= 0.3 is 5.97 Å². The number of nitrogens with one attached hydrogen (secondary N) is 1. The van der Waals surface area contributed by atoms with Gasteiger partial charge in [0.2, 0.25) is 5.91 Å². The van der Waals surface area contributed by atoms with E-state index in [9.17, 15) is 9.59 Å². The third-order valence-corrected chi connectivity index (χ3v) is 4.73. The van der Waals surface area contributed by atoms with Crippen LogP contribution in [-0.2, 0) is 9.59 Å². The molecule has 0 spiro atoms.